The average molecular weight is 842 g/mol. The number of hydrogen-bond donors (Lipinski definition) is 3. The van der Waals surface area contributed by atoms with Gasteiger partial charge in [0.15, 0.2) is 0 Å². The van der Waals surface area contributed by atoms with Gasteiger partial charge in [0.25, 0.3) is 0 Å². The summed E-state index contributed by atoms with van der Waals surface area (Å²) in [4.78, 5) is 24.5. The van der Waals surface area contributed by atoms with Crippen molar-refractivity contribution in [3.63, 3.8) is 0 Å². The Bertz CT molecular complexity index is 1020. The second kappa shape index (κ2) is 49.5. The molecule has 0 aliphatic rings. The average Bonchev–Trinajstić information content (AvgIpc) is 3.25. The van der Waals surface area contributed by atoms with Crippen molar-refractivity contribution in [2.24, 2.45) is 0 Å². The molecular formula is C54H99NO5. The van der Waals surface area contributed by atoms with Crippen LogP contribution in [0.5, 0.6) is 0 Å². The molecule has 0 aromatic heterocycles. The van der Waals surface area contributed by atoms with Crippen LogP contribution in [-0.2, 0) is 14.3 Å². The third-order valence-corrected chi connectivity index (χ3v) is 11.6. The van der Waals surface area contributed by atoms with Gasteiger partial charge in [-0.3, -0.25) is 9.59 Å². The number of aliphatic hydroxyl groups is 2. The van der Waals surface area contributed by atoms with E-state index in [-0.39, 0.29) is 18.5 Å². The first-order chi connectivity index (χ1) is 29.5. The fraction of sp³-hybridized carbons (Fsp3) is 0.815. The molecule has 0 rings (SSSR count). The maximum atomic E-state index is 12.4. The molecule has 0 spiro atoms. The smallest absolute Gasteiger partial charge is 0.305 e. The zero-order valence-corrected chi connectivity index (χ0v) is 39.7. The first-order valence-corrected chi connectivity index (χ1v) is 25.9. The summed E-state index contributed by atoms with van der Waals surface area (Å²) >= 11 is 0. The van der Waals surface area contributed by atoms with Gasteiger partial charge in [-0.1, -0.05) is 204 Å². The van der Waals surface area contributed by atoms with Gasteiger partial charge in [-0.15, -0.1) is 0 Å². The van der Waals surface area contributed by atoms with Gasteiger partial charge in [-0.2, -0.15) is 0 Å². The summed E-state index contributed by atoms with van der Waals surface area (Å²) in [5.74, 6) is -0.149. The van der Waals surface area contributed by atoms with Crippen LogP contribution in [0.4, 0.5) is 0 Å². The van der Waals surface area contributed by atoms with Crippen molar-refractivity contribution < 1.29 is 24.5 Å². The highest BCUT2D eigenvalue weighted by atomic mass is 16.5. The molecule has 0 bridgehead atoms. The lowest BCUT2D eigenvalue weighted by Crippen LogP contribution is -2.45. The molecule has 0 aliphatic heterocycles. The van der Waals surface area contributed by atoms with Gasteiger partial charge in [-0.05, 0) is 89.9 Å². The molecule has 350 valence electrons. The minimum absolute atomic E-state index is 0.0431. The van der Waals surface area contributed by atoms with Crippen molar-refractivity contribution in [1.29, 1.82) is 0 Å². The Kier molecular flexibility index (Phi) is 47.7. The first-order valence-electron chi connectivity index (χ1n) is 25.9. The molecule has 0 aromatic carbocycles. The second-order valence-electron chi connectivity index (χ2n) is 17.5. The lowest BCUT2D eigenvalue weighted by atomic mass is 10.0. The van der Waals surface area contributed by atoms with E-state index in [9.17, 15) is 19.8 Å². The van der Waals surface area contributed by atoms with Gasteiger partial charge in [0.2, 0.25) is 5.91 Å². The van der Waals surface area contributed by atoms with Crippen LogP contribution in [0.25, 0.3) is 0 Å². The highest BCUT2D eigenvalue weighted by molar-refractivity contribution is 5.76. The van der Waals surface area contributed by atoms with E-state index in [1.807, 2.05) is 6.08 Å². The highest BCUT2D eigenvalue weighted by Gasteiger charge is 2.18. The van der Waals surface area contributed by atoms with Gasteiger partial charge in [0, 0.05) is 12.8 Å². The number of nitrogens with one attached hydrogen (secondary N) is 1. The molecule has 0 heterocycles. The van der Waals surface area contributed by atoms with E-state index in [2.05, 4.69) is 55.6 Å². The lowest BCUT2D eigenvalue weighted by Gasteiger charge is -2.20. The number of carbonyl (C=O) groups excluding carboxylic acids is 2. The van der Waals surface area contributed by atoms with Crippen LogP contribution in [0.3, 0.4) is 0 Å². The third-order valence-electron chi connectivity index (χ3n) is 11.6. The van der Waals surface area contributed by atoms with E-state index in [1.165, 1.54) is 148 Å². The maximum absolute atomic E-state index is 12.4. The molecule has 2 unspecified atom stereocenters. The fourth-order valence-electron chi connectivity index (χ4n) is 7.54. The largest absolute Gasteiger partial charge is 0.466 e. The number of unbranched alkanes of at least 4 members (excludes halogenated alkanes) is 30. The summed E-state index contributed by atoms with van der Waals surface area (Å²) in [6, 6.07) is -0.654. The summed E-state index contributed by atoms with van der Waals surface area (Å²) in [5.41, 5.74) is 0. The summed E-state index contributed by atoms with van der Waals surface area (Å²) in [7, 11) is 0. The number of ether oxygens (including phenoxy) is 1. The molecule has 1 amide bonds. The number of carbonyl (C=O) groups is 2. The Labute approximate surface area is 372 Å². The van der Waals surface area contributed by atoms with E-state index in [0.29, 0.717) is 19.4 Å². The number of esters is 1. The SMILES string of the molecule is CCCCC/C=C\C/C=C\CCCCCCCCCCCC(=O)OCCCC/C=C\CCCCCCC(=O)NC(CO)C(O)/C=C/CCCCCCCCCCCCCC. The van der Waals surface area contributed by atoms with Crippen molar-refractivity contribution in [2.75, 3.05) is 13.2 Å². The van der Waals surface area contributed by atoms with Crippen molar-refractivity contribution in [3.8, 4) is 0 Å². The highest BCUT2D eigenvalue weighted by Crippen LogP contribution is 2.15. The number of rotatable bonds is 47. The third kappa shape index (κ3) is 45.3. The predicted octanol–water partition coefficient (Wildman–Crippen LogP) is 15.5. The Hall–Kier alpha value is -2.18. The van der Waals surface area contributed by atoms with Crippen LogP contribution >= 0.6 is 0 Å². The molecule has 2 atom stereocenters. The fourth-order valence-corrected chi connectivity index (χ4v) is 7.54. The van der Waals surface area contributed by atoms with E-state index < -0.39 is 12.1 Å². The van der Waals surface area contributed by atoms with Crippen LogP contribution in [-0.4, -0.2) is 47.4 Å². The quantitative estimate of drug-likeness (QED) is 0.0322. The monoisotopic (exact) mass is 842 g/mol. The molecule has 0 saturated carbocycles. The predicted molar refractivity (Wildman–Crippen MR) is 259 cm³/mol. The minimum atomic E-state index is -0.867. The Balaban J connectivity index is 3.55. The van der Waals surface area contributed by atoms with Crippen molar-refractivity contribution >= 4 is 11.9 Å². The molecule has 60 heavy (non-hydrogen) atoms. The number of aliphatic hydroxyl groups excluding tert-OH is 2. The molecule has 6 nitrogen and oxygen atoms in total. The molecule has 0 aromatic rings. The van der Waals surface area contributed by atoms with E-state index in [1.54, 1.807) is 6.08 Å². The van der Waals surface area contributed by atoms with Crippen LogP contribution in [0, 0.1) is 0 Å². The molecule has 6 heteroatoms. The maximum Gasteiger partial charge on any atom is 0.305 e. The Morgan fingerprint density at radius 1 is 0.467 bits per heavy atom. The Morgan fingerprint density at radius 3 is 1.32 bits per heavy atom. The van der Waals surface area contributed by atoms with Gasteiger partial charge >= 0.3 is 5.97 Å². The number of allylic oxidation sites excluding steroid dienone is 7. The molecule has 0 radical (unpaired) electrons. The standard InChI is InChI=1S/C54H99NO5/c1-3-5-7-9-11-13-15-17-19-20-21-22-23-25-27-32-36-40-44-48-54(59)60-49-45-41-37-33-29-28-31-35-39-43-47-53(58)55-51(50-56)52(57)46-42-38-34-30-26-24-18-16-14-12-10-8-6-4-2/h11,13,17,19,29,33,42,46,51-52,56-57H,3-10,12,14-16,18,20-28,30-32,34-41,43-45,47-50H2,1-2H3,(H,55,58)/b13-11-,19-17-,33-29-,46-42+. The Morgan fingerprint density at radius 2 is 0.833 bits per heavy atom. The van der Waals surface area contributed by atoms with Crippen molar-refractivity contribution in [2.45, 2.75) is 270 Å². The number of amides is 1. The molecular weight excluding hydrogens is 743 g/mol. The first kappa shape index (κ1) is 57.8. The summed E-state index contributed by atoms with van der Waals surface area (Å²) in [6.45, 7) is 4.78. The lowest BCUT2D eigenvalue weighted by molar-refractivity contribution is -0.143. The molecule has 0 fully saturated rings. The van der Waals surface area contributed by atoms with Crippen molar-refractivity contribution in [1.82, 2.24) is 5.32 Å². The van der Waals surface area contributed by atoms with Gasteiger partial charge in [-0.25, -0.2) is 0 Å². The van der Waals surface area contributed by atoms with Gasteiger partial charge < -0.3 is 20.3 Å². The summed E-state index contributed by atoms with van der Waals surface area (Å²) in [5, 5.41) is 23.0. The summed E-state index contributed by atoms with van der Waals surface area (Å²) < 4.78 is 5.44. The second-order valence-corrected chi connectivity index (χ2v) is 17.5. The summed E-state index contributed by atoms with van der Waals surface area (Å²) in [6.07, 6.45) is 61.1. The number of hydrogen-bond acceptors (Lipinski definition) is 5. The van der Waals surface area contributed by atoms with Crippen LogP contribution < -0.4 is 5.32 Å². The van der Waals surface area contributed by atoms with E-state index in [0.717, 1.165) is 83.5 Å². The zero-order valence-electron chi connectivity index (χ0n) is 39.7. The van der Waals surface area contributed by atoms with Crippen LogP contribution in [0.15, 0.2) is 48.6 Å². The normalized spacial score (nSPS) is 13.1. The van der Waals surface area contributed by atoms with Crippen LogP contribution in [0.2, 0.25) is 0 Å². The molecule has 0 saturated heterocycles. The minimum Gasteiger partial charge on any atom is -0.466 e. The van der Waals surface area contributed by atoms with Gasteiger partial charge in [0.05, 0.1) is 25.4 Å². The van der Waals surface area contributed by atoms with Gasteiger partial charge in [0.1, 0.15) is 0 Å². The van der Waals surface area contributed by atoms with Crippen molar-refractivity contribution in [3.05, 3.63) is 48.6 Å². The molecule has 0 aliphatic carbocycles. The van der Waals surface area contributed by atoms with E-state index in [4.69, 9.17) is 4.74 Å². The van der Waals surface area contributed by atoms with Crippen LogP contribution in [0.1, 0.15) is 258 Å². The zero-order chi connectivity index (χ0) is 43.7. The topological polar surface area (TPSA) is 95.9 Å². The van der Waals surface area contributed by atoms with E-state index >= 15 is 0 Å². The molecule has 3 N–H and O–H groups in total.